The molecule has 2 rings (SSSR count). The number of halogens is 7. The average Bonchev–Trinajstić information content (AvgIpc) is 2.34. The molecule has 1 fully saturated rings. The van der Waals surface area contributed by atoms with E-state index in [-0.39, 0.29) is 29.3 Å². The van der Waals surface area contributed by atoms with Crippen LogP contribution in [0.15, 0.2) is 16.6 Å². The van der Waals surface area contributed by atoms with Crippen LogP contribution < -0.4 is 5.32 Å². The monoisotopic (exact) mass is 412 g/mol. The highest BCUT2D eigenvalue weighted by Crippen LogP contribution is 2.33. The third kappa shape index (κ3) is 4.96. The smallest absolute Gasteiger partial charge is 0.258 e. The summed E-state index contributed by atoms with van der Waals surface area (Å²) < 4.78 is 54.3. The van der Waals surface area contributed by atoms with Crippen LogP contribution in [-0.4, -0.2) is 37.5 Å². The molecule has 1 aliphatic rings. The van der Waals surface area contributed by atoms with Gasteiger partial charge in [0.15, 0.2) is 0 Å². The molecule has 1 saturated heterocycles. The minimum atomic E-state index is -2.84. The lowest BCUT2D eigenvalue weighted by Crippen LogP contribution is -2.47. The first-order valence-electron chi connectivity index (χ1n) is 5.88. The molecule has 0 saturated carbocycles. The number of nitrogens with one attached hydrogen (secondary N) is 1. The van der Waals surface area contributed by atoms with Gasteiger partial charge in [0.05, 0.1) is 0 Å². The molecule has 1 aromatic rings. The Balaban J connectivity index is 0.00000200. The number of rotatable bonds is 3. The van der Waals surface area contributed by atoms with Crippen molar-refractivity contribution in [3.05, 3.63) is 33.8 Å². The molecule has 21 heavy (non-hydrogen) atoms. The Morgan fingerprint density at radius 3 is 1.95 bits per heavy atom. The molecule has 0 aliphatic carbocycles. The Morgan fingerprint density at radius 1 is 1.05 bits per heavy atom. The molecule has 1 N–H and O–H groups in total. The normalized spacial score (nSPS) is 17.0. The largest absolute Gasteiger partial charge is 0.314 e. The van der Waals surface area contributed by atoms with Crippen molar-refractivity contribution in [1.82, 2.24) is 10.2 Å². The summed E-state index contributed by atoms with van der Waals surface area (Å²) in [5, 5.41) is 3.02. The van der Waals surface area contributed by atoms with Crippen LogP contribution in [0.2, 0.25) is 0 Å². The number of hydrogen-bond donors (Lipinski definition) is 1. The van der Waals surface area contributed by atoms with E-state index in [4.69, 9.17) is 0 Å². The maximum absolute atomic E-state index is 13.8. The van der Waals surface area contributed by atoms with E-state index >= 15 is 0 Å². The number of alkyl halides is 2. The van der Waals surface area contributed by atoms with Crippen molar-refractivity contribution >= 4 is 40.7 Å². The van der Waals surface area contributed by atoms with Gasteiger partial charge in [-0.15, -0.1) is 24.8 Å². The fraction of sp³-hybridized carbons (Fsp3) is 0.500. The van der Waals surface area contributed by atoms with E-state index in [1.54, 1.807) is 0 Å². The fourth-order valence-corrected chi connectivity index (χ4v) is 2.67. The van der Waals surface area contributed by atoms with Crippen molar-refractivity contribution in [3.63, 3.8) is 0 Å². The van der Waals surface area contributed by atoms with Gasteiger partial charge in [0.25, 0.3) is 6.43 Å². The highest BCUT2D eigenvalue weighted by Gasteiger charge is 2.34. The van der Waals surface area contributed by atoms with Crippen LogP contribution >= 0.6 is 40.7 Å². The Kier molecular flexibility index (Phi) is 9.11. The van der Waals surface area contributed by atoms with Gasteiger partial charge in [-0.25, -0.2) is 17.6 Å². The lowest BCUT2D eigenvalue weighted by Gasteiger charge is -2.34. The number of hydrogen-bond acceptors (Lipinski definition) is 2. The standard InChI is InChI=1S/C12H13BrF4N2.2ClH/c13-7-5-8(14)10(9(15)6-7)11(12(16)17)19-3-1-18-2-4-19;;/h5-6,11-12,18H,1-4H2;2*1H/t11-;;/m1../s1. The highest BCUT2D eigenvalue weighted by molar-refractivity contribution is 9.10. The second-order valence-corrected chi connectivity index (χ2v) is 5.26. The molecule has 2 nitrogen and oxygen atoms in total. The van der Waals surface area contributed by atoms with E-state index in [1.165, 1.54) is 4.90 Å². The molecule has 1 heterocycles. The molecule has 0 aromatic heterocycles. The zero-order valence-electron chi connectivity index (χ0n) is 10.8. The van der Waals surface area contributed by atoms with Crippen LogP contribution in [0.4, 0.5) is 17.6 Å². The van der Waals surface area contributed by atoms with Crippen molar-refractivity contribution in [3.8, 4) is 0 Å². The molecule has 0 spiro atoms. The average molecular weight is 414 g/mol. The summed E-state index contributed by atoms with van der Waals surface area (Å²) in [7, 11) is 0. The maximum Gasteiger partial charge on any atom is 0.258 e. The summed E-state index contributed by atoms with van der Waals surface area (Å²) in [6, 6.07) is 0.474. The van der Waals surface area contributed by atoms with E-state index in [9.17, 15) is 17.6 Å². The second kappa shape index (κ2) is 9.15. The first-order valence-corrected chi connectivity index (χ1v) is 6.67. The van der Waals surface area contributed by atoms with Crippen molar-refractivity contribution in [1.29, 1.82) is 0 Å². The molecule has 9 heteroatoms. The summed E-state index contributed by atoms with van der Waals surface area (Å²) in [5.41, 5.74) is -0.555. The highest BCUT2D eigenvalue weighted by atomic mass is 79.9. The van der Waals surface area contributed by atoms with Crippen LogP contribution in [0.25, 0.3) is 0 Å². The van der Waals surface area contributed by atoms with Crippen molar-refractivity contribution < 1.29 is 17.6 Å². The second-order valence-electron chi connectivity index (χ2n) is 4.35. The minimum absolute atomic E-state index is 0. The van der Waals surface area contributed by atoms with Gasteiger partial charge in [0, 0.05) is 36.2 Å². The van der Waals surface area contributed by atoms with Crippen LogP contribution in [0.3, 0.4) is 0 Å². The van der Waals surface area contributed by atoms with E-state index in [1.807, 2.05) is 0 Å². The summed E-state index contributed by atoms with van der Waals surface area (Å²) in [4.78, 5) is 1.41. The van der Waals surface area contributed by atoms with Gasteiger partial charge in [0.1, 0.15) is 17.7 Å². The van der Waals surface area contributed by atoms with Gasteiger partial charge >= 0.3 is 0 Å². The third-order valence-electron chi connectivity index (χ3n) is 3.12. The molecular formula is C12H15BrCl2F4N2. The van der Waals surface area contributed by atoms with E-state index < -0.39 is 29.7 Å². The van der Waals surface area contributed by atoms with Crippen LogP contribution in [0.1, 0.15) is 11.6 Å². The van der Waals surface area contributed by atoms with E-state index in [0.29, 0.717) is 26.2 Å². The van der Waals surface area contributed by atoms with Crippen LogP contribution in [0, 0.1) is 11.6 Å². The van der Waals surface area contributed by atoms with Crippen molar-refractivity contribution in [2.24, 2.45) is 0 Å². The summed E-state index contributed by atoms with van der Waals surface area (Å²) in [6.45, 7) is 1.74. The number of piperazine rings is 1. The Hall–Kier alpha value is -0.0800. The molecular weight excluding hydrogens is 399 g/mol. The SMILES string of the molecule is Cl.Cl.Fc1cc(Br)cc(F)c1[C@H](C(F)F)N1CCNCC1. The van der Waals surface area contributed by atoms with Gasteiger partial charge in [-0.3, -0.25) is 4.90 Å². The molecule has 0 bridgehead atoms. The van der Waals surface area contributed by atoms with Gasteiger partial charge < -0.3 is 5.32 Å². The first-order chi connectivity index (χ1) is 9.00. The zero-order valence-corrected chi connectivity index (χ0v) is 14.0. The van der Waals surface area contributed by atoms with Crippen LogP contribution in [-0.2, 0) is 0 Å². The predicted octanol–water partition coefficient (Wildman–Crippen LogP) is 3.78. The molecule has 1 atom stereocenters. The van der Waals surface area contributed by atoms with Crippen LogP contribution in [0.5, 0.6) is 0 Å². The summed E-state index contributed by atoms with van der Waals surface area (Å²) in [5.74, 6) is -1.90. The molecule has 0 radical (unpaired) electrons. The topological polar surface area (TPSA) is 15.3 Å². The van der Waals surface area contributed by atoms with Crippen molar-refractivity contribution in [2.45, 2.75) is 12.5 Å². The van der Waals surface area contributed by atoms with Gasteiger partial charge in [-0.2, -0.15) is 0 Å². The van der Waals surface area contributed by atoms with E-state index in [2.05, 4.69) is 21.2 Å². The third-order valence-corrected chi connectivity index (χ3v) is 3.58. The summed E-state index contributed by atoms with van der Waals surface area (Å²) in [6.07, 6.45) is -2.84. The Labute approximate surface area is 141 Å². The zero-order chi connectivity index (χ0) is 14.0. The summed E-state index contributed by atoms with van der Waals surface area (Å²) >= 11 is 2.94. The lowest BCUT2D eigenvalue weighted by molar-refractivity contribution is 0.0145. The Bertz CT molecular complexity index is 436. The lowest BCUT2D eigenvalue weighted by atomic mass is 10.0. The quantitative estimate of drug-likeness (QED) is 0.758. The Morgan fingerprint density at radius 2 is 1.52 bits per heavy atom. The van der Waals surface area contributed by atoms with Gasteiger partial charge in [-0.05, 0) is 12.1 Å². The fourth-order valence-electron chi connectivity index (χ4n) is 2.26. The molecule has 1 aromatic carbocycles. The predicted molar refractivity (Wildman–Crippen MR) is 81.7 cm³/mol. The van der Waals surface area contributed by atoms with Gasteiger partial charge in [-0.1, -0.05) is 15.9 Å². The maximum atomic E-state index is 13.8. The molecule has 0 unspecified atom stereocenters. The number of benzene rings is 1. The minimum Gasteiger partial charge on any atom is -0.314 e. The van der Waals surface area contributed by atoms with Gasteiger partial charge in [0.2, 0.25) is 0 Å². The van der Waals surface area contributed by atoms with Crippen molar-refractivity contribution in [2.75, 3.05) is 26.2 Å². The molecule has 0 amide bonds. The number of nitrogens with zero attached hydrogens (tertiary/aromatic N) is 1. The first kappa shape index (κ1) is 20.9. The van der Waals surface area contributed by atoms with E-state index in [0.717, 1.165) is 12.1 Å². The molecule has 1 aliphatic heterocycles. The molecule has 122 valence electrons.